The highest BCUT2D eigenvalue weighted by atomic mass is 79.9. The van der Waals surface area contributed by atoms with Gasteiger partial charge in [0.25, 0.3) is 0 Å². The first-order valence-electron chi connectivity index (χ1n) is 5.14. The third-order valence-corrected chi connectivity index (χ3v) is 2.70. The van der Waals surface area contributed by atoms with Crippen LogP contribution in [0.3, 0.4) is 0 Å². The number of carbonyl (C=O) groups is 1. The second kappa shape index (κ2) is 5.91. The van der Waals surface area contributed by atoms with E-state index < -0.39 is 0 Å². The summed E-state index contributed by atoms with van der Waals surface area (Å²) in [7, 11) is 0. The van der Waals surface area contributed by atoms with Crippen LogP contribution in [0, 0.1) is 0 Å². The van der Waals surface area contributed by atoms with Crippen molar-refractivity contribution in [3.63, 3.8) is 0 Å². The molecule has 0 radical (unpaired) electrons. The zero-order valence-corrected chi connectivity index (χ0v) is 10.6. The predicted molar refractivity (Wildman–Crippen MR) is 66.0 cm³/mol. The summed E-state index contributed by atoms with van der Waals surface area (Å²) in [6.07, 6.45) is 0.898. The van der Waals surface area contributed by atoms with Crippen molar-refractivity contribution in [3.05, 3.63) is 35.9 Å². The Bertz CT molecular complexity index is 311. The minimum atomic E-state index is -0.143. The minimum Gasteiger partial charge on any atom is -0.348 e. The molecule has 1 N–H and O–H groups in total. The number of halogens is 1. The van der Waals surface area contributed by atoms with E-state index in [-0.39, 0.29) is 16.8 Å². The van der Waals surface area contributed by atoms with Crippen LogP contribution in [0.25, 0.3) is 0 Å². The fraction of sp³-hybridized carbons (Fsp3) is 0.417. The number of hydrogen-bond acceptors (Lipinski definition) is 1. The highest BCUT2D eigenvalue weighted by Gasteiger charge is 2.15. The van der Waals surface area contributed by atoms with E-state index in [2.05, 4.69) is 28.2 Å². The lowest BCUT2D eigenvalue weighted by Crippen LogP contribution is -2.32. The monoisotopic (exact) mass is 269 g/mol. The molecule has 0 unspecified atom stereocenters. The average molecular weight is 270 g/mol. The van der Waals surface area contributed by atoms with Crippen molar-refractivity contribution in [1.29, 1.82) is 0 Å². The van der Waals surface area contributed by atoms with Crippen molar-refractivity contribution in [1.82, 2.24) is 5.32 Å². The molecule has 0 aliphatic carbocycles. The van der Waals surface area contributed by atoms with Crippen molar-refractivity contribution in [2.75, 3.05) is 0 Å². The molecule has 1 aromatic carbocycles. The molecule has 0 aliphatic rings. The SMILES string of the molecule is CC[C@H](NC(=O)[C@H](C)Br)c1ccccc1. The van der Waals surface area contributed by atoms with Crippen molar-refractivity contribution >= 4 is 21.8 Å². The highest BCUT2D eigenvalue weighted by molar-refractivity contribution is 9.10. The van der Waals surface area contributed by atoms with Gasteiger partial charge in [-0.25, -0.2) is 0 Å². The Hall–Kier alpha value is -0.830. The van der Waals surface area contributed by atoms with Crippen molar-refractivity contribution in [2.24, 2.45) is 0 Å². The lowest BCUT2D eigenvalue weighted by molar-refractivity contribution is -0.120. The Morgan fingerprint density at radius 3 is 2.47 bits per heavy atom. The van der Waals surface area contributed by atoms with Gasteiger partial charge in [-0.15, -0.1) is 0 Å². The van der Waals surface area contributed by atoms with Gasteiger partial charge < -0.3 is 5.32 Å². The molecule has 0 saturated carbocycles. The molecule has 0 heterocycles. The van der Waals surface area contributed by atoms with Gasteiger partial charge in [0.1, 0.15) is 0 Å². The Morgan fingerprint density at radius 2 is 2.00 bits per heavy atom. The van der Waals surface area contributed by atoms with Gasteiger partial charge in [0, 0.05) is 0 Å². The second-order valence-electron chi connectivity index (χ2n) is 3.50. The van der Waals surface area contributed by atoms with Gasteiger partial charge in [-0.05, 0) is 18.9 Å². The van der Waals surface area contributed by atoms with Gasteiger partial charge in [-0.1, -0.05) is 53.2 Å². The molecule has 0 spiro atoms. The summed E-state index contributed by atoms with van der Waals surface area (Å²) in [6.45, 7) is 3.89. The molecule has 15 heavy (non-hydrogen) atoms. The normalized spacial score (nSPS) is 14.3. The lowest BCUT2D eigenvalue weighted by Gasteiger charge is -2.18. The summed E-state index contributed by atoms with van der Waals surface area (Å²) in [5, 5.41) is 3.00. The third kappa shape index (κ3) is 3.67. The molecule has 2 atom stereocenters. The number of rotatable bonds is 4. The molecule has 0 aliphatic heterocycles. The Labute approximate surface area is 99.2 Å². The van der Waals surface area contributed by atoms with E-state index in [1.54, 1.807) is 0 Å². The van der Waals surface area contributed by atoms with Crippen LogP contribution in [-0.4, -0.2) is 10.7 Å². The van der Waals surface area contributed by atoms with E-state index >= 15 is 0 Å². The summed E-state index contributed by atoms with van der Waals surface area (Å²) in [4.78, 5) is 11.4. The summed E-state index contributed by atoms with van der Waals surface area (Å²) < 4.78 is 0. The minimum absolute atomic E-state index is 0.0331. The van der Waals surface area contributed by atoms with Gasteiger partial charge in [0.15, 0.2) is 0 Å². The topological polar surface area (TPSA) is 29.1 Å². The van der Waals surface area contributed by atoms with Gasteiger partial charge in [-0.3, -0.25) is 4.79 Å². The number of hydrogen-bond donors (Lipinski definition) is 1. The molecule has 0 bridgehead atoms. The van der Waals surface area contributed by atoms with Crippen LogP contribution in [0.15, 0.2) is 30.3 Å². The maximum absolute atomic E-state index is 11.5. The van der Waals surface area contributed by atoms with Crippen molar-refractivity contribution in [2.45, 2.75) is 31.1 Å². The first kappa shape index (κ1) is 12.2. The molecular formula is C12H16BrNO. The van der Waals surface area contributed by atoms with E-state index in [1.165, 1.54) is 0 Å². The molecule has 0 aromatic heterocycles. The molecule has 1 rings (SSSR count). The van der Waals surface area contributed by atoms with E-state index in [4.69, 9.17) is 0 Å². The zero-order chi connectivity index (χ0) is 11.3. The second-order valence-corrected chi connectivity index (χ2v) is 4.87. The van der Waals surface area contributed by atoms with Gasteiger partial charge >= 0.3 is 0 Å². The molecule has 1 aromatic rings. The molecule has 0 saturated heterocycles. The summed E-state index contributed by atoms with van der Waals surface area (Å²) in [5.74, 6) is 0.0331. The number of amides is 1. The van der Waals surface area contributed by atoms with Crippen LogP contribution in [0.1, 0.15) is 31.9 Å². The van der Waals surface area contributed by atoms with Crippen LogP contribution < -0.4 is 5.32 Å². The maximum Gasteiger partial charge on any atom is 0.233 e. The number of benzene rings is 1. The zero-order valence-electron chi connectivity index (χ0n) is 9.03. The lowest BCUT2D eigenvalue weighted by atomic mass is 10.0. The summed E-state index contributed by atoms with van der Waals surface area (Å²) in [6, 6.07) is 10.1. The Kier molecular flexibility index (Phi) is 4.82. The average Bonchev–Trinajstić information content (AvgIpc) is 2.26. The smallest absolute Gasteiger partial charge is 0.233 e. The number of alkyl halides is 1. The van der Waals surface area contributed by atoms with Crippen molar-refractivity contribution in [3.8, 4) is 0 Å². The Morgan fingerprint density at radius 1 is 1.40 bits per heavy atom. The van der Waals surface area contributed by atoms with Crippen LogP contribution in [0.2, 0.25) is 0 Å². The highest BCUT2D eigenvalue weighted by Crippen LogP contribution is 2.16. The van der Waals surface area contributed by atoms with Crippen LogP contribution in [0.5, 0.6) is 0 Å². The van der Waals surface area contributed by atoms with E-state index in [0.29, 0.717) is 0 Å². The van der Waals surface area contributed by atoms with Crippen LogP contribution >= 0.6 is 15.9 Å². The number of carbonyl (C=O) groups excluding carboxylic acids is 1. The summed E-state index contributed by atoms with van der Waals surface area (Å²) in [5.41, 5.74) is 1.15. The fourth-order valence-electron chi connectivity index (χ4n) is 1.39. The maximum atomic E-state index is 11.5. The summed E-state index contributed by atoms with van der Waals surface area (Å²) >= 11 is 3.26. The van der Waals surface area contributed by atoms with Gasteiger partial charge in [0.05, 0.1) is 10.9 Å². The largest absolute Gasteiger partial charge is 0.348 e. The first-order chi connectivity index (χ1) is 7.15. The molecule has 0 fully saturated rings. The van der Waals surface area contributed by atoms with Crippen LogP contribution in [0.4, 0.5) is 0 Å². The van der Waals surface area contributed by atoms with E-state index in [1.807, 2.05) is 37.3 Å². The van der Waals surface area contributed by atoms with E-state index in [9.17, 15) is 4.79 Å². The van der Waals surface area contributed by atoms with E-state index in [0.717, 1.165) is 12.0 Å². The van der Waals surface area contributed by atoms with Crippen molar-refractivity contribution < 1.29 is 4.79 Å². The van der Waals surface area contributed by atoms with Gasteiger partial charge in [0.2, 0.25) is 5.91 Å². The Balaban J connectivity index is 2.69. The first-order valence-corrected chi connectivity index (χ1v) is 6.06. The molecule has 1 amide bonds. The number of nitrogens with one attached hydrogen (secondary N) is 1. The van der Waals surface area contributed by atoms with Gasteiger partial charge in [-0.2, -0.15) is 0 Å². The standard InChI is InChI=1S/C12H16BrNO/c1-3-11(14-12(15)9(2)13)10-7-5-4-6-8-10/h4-9,11H,3H2,1-2H3,(H,14,15)/t9-,11-/m0/s1. The molecule has 3 heteroatoms. The molecule has 82 valence electrons. The predicted octanol–water partition coefficient (Wildman–Crippen LogP) is 3.04. The fourth-order valence-corrected chi connectivity index (χ4v) is 1.53. The molecule has 2 nitrogen and oxygen atoms in total. The third-order valence-electron chi connectivity index (χ3n) is 2.29. The molecular weight excluding hydrogens is 254 g/mol. The quantitative estimate of drug-likeness (QED) is 0.837. The van der Waals surface area contributed by atoms with Crippen LogP contribution in [-0.2, 0) is 4.79 Å².